The molecular weight excluding hydrogens is 532 g/mol. The number of esters is 1. The zero-order chi connectivity index (χ0) is 24.9. The minimum absolute atomic E-state index is 0.0278. The number of hydrogen-bond donors (Lipinski definition) is 0. The molecule has 3 heterocycles. The summed E-state index contributed by atoms with van der Waals surface area (Å²) < 4.78 is 12.0. The monoisotopic (exact) mass is 550 g/mol. The van der Waals surface area contributed by atoms with Gasteiger partial charge in [-0.15, -0.1) is 0 Å². The van der Waals surface area contributed by atoms with Gasteiger partial charge in [-0.25, -0.2) is 9.78 Å². The highest BCUT2D eigenvalue weighted by molar-refractivity contribution is 9.10. The summed E-state index contributed by atoms with van der Waals surface area (Å²) in [6.45, 7) is 7.17. The predicted octanol–water partition coefficient (Wildman–Crippen LogP) is 5.72. The Morgan fingerprint density at radius 3 is 2.80 bits per heavy atom. The van der Waals surface area contributed by atoms with Crippen LogP contribution in [0.5, 0.6) is 0 Å². The van der Waals surface area contributed by atoms with Gasteiger partial charge in [-0.1, -0.05) is 63.7 Å². The molecule has 0 radical (unpaired) electrons. The Kier molecular flexibility index (Phi) is 5.90. The highest BCUT2D eigenvalue weighted by atomic mass is 79.9. The molecule has 2 aromatic heterocycles. The predicted molar refractivity (Wildman–Crippen MR) is 137 cm³/mol. The van der Waals surface area contributed by atoms with Gasteiger partial charge in [0, 0.05) is 4.47 Å². The quantitative estimate of drug-likeness (QED) is 0.233. The van der Waals surface area contributed by atoms with Crippen molar-refractivity contribution >= 4 is 55.2 Å². The fraction of sp³-hybridized carbons (Fsp3) is 0.154. The van der Waals surface area contributed by atoms with Crippen molar-refractivity contribution in [3.8, 4) is 0 Å². The van der Waals surface area contributed by atoms with Gasteiger partial charge in [0.05, 0.1) is 22.7 Å². The molecule has 35 heavy (non-hydrogen) atoms. The number of benzene rings is 2. The van der Waals surface area contributed by atoms with E-state index in [1.54, 1.807) is 19.1 Å². The van der Waals surface area contributed by atoms with Crippen molar-refractivity contribution in [2.24, 2.45) is 0 Å². The Bertz CT molecular complexity index is 1590. The summed E-state index contributed by atoms with van der Waals surface area (Å²) in [6.07, 6.45) is 1.47. The van der Waals surface area contributed by atoms with Gasteiger partial charge >= 0.3 is 5.97 Å². The molecule has 1 unspecified atom stereocenters. The standard InChI is InChI=1S/C26H19BrN2O5S/c1-4-10-33-25(32)23-14(3)28-26(35-23)29-20(15-6-5-7-16(27)12-15)19-21(30)17-11-13(2)8-9-18(17)34-22(19)24(29)31/h4-9,11-12,20H,1,10H2,2-3H3. The Labute approximate surface area is 212 Å². The van der Waals surface area contributed by atoms with Gasteiger partial charge in [-0.05, 0) is 43.7 Å². The first kappa shape index (κ1) is 23.2. The molecule has 9 heteroatoms. The van der Waals surface area contributed by atoms with E-state index in [0.29, 0.717) is 22.2 Å². The number of carbonyl (C=O) groups is 2. The summed E-state index contributed by atoms with van der Waals surface area (Å²) in [5, 5.41) is 0.677. The first-order chi connectivity index (χ1) is 16.8. The van der Waals surface area contributed by atoms with E-state index in [4.69, 9.17) is 9.15 Å². The molecule has 0 fully saturated rings. The van der Waals surface area contributed by atoms with E-state index < -0.39 is 17.9 Å². The minimum atomic E-state index is -0.779. The first-order valence-electron chi connectivity index (χ1n) is 10.7. The summed E-state index contributed by atoms with van der Waals surface area (Å²) in [5.74, 6) is -1.07. The van der Waals surface area contributed by atoms with Crippen LogP contribution in [0.15, 0.2) is 68.8 Å². The average molecular weight is 551 g/mol. The van der Waals surface area contributed by atoms with Crippen LogP contribution >= 0.6 is 27.3 Å². The molecule has 7 nitrogen and oxygen atoms in total. The van der Waals surface area contributed by atoms with E-state index in [1.165, 1.54) is 11.0 Å². The van der Waals surface area contributed by atoms with Crippen molar-refractivity contribution in [1.82, 2.24) is 4.98 Å². The molecule has 0 N–H and O–H groups in total. The fourth-order valence-corrected chi connectivity index (χ4v) is 5.56. The lowest BCUT2D eigenvalue weighted by Gasteiger charge is -2.22. The molecule has 4 aromatic rings. The Balaban J connectivity index is 1.73. The second-order valence-electron chi connectivity index (χ2n) is 8.10. The molecule has 1 aliphatic rings. The van der Waals surface area contributed by atoms with Crippen LogP contribution in [-0.2, 0) is 4.74 Å². The van der Waals surface area contributed by atoms with Crippen molar-refractivity contribution in [2.75, 3.05) is 11.5 Å². The molecule has 0 saturated carbocycles. The van der Waals surface area contributed by atoms with Crippen LogP contribution in [0, 0.1) is 13.8 Å². The summed E-state index contributed by atoms with van der Waals surface area (Å²) in [5.41, 5.74) is 2.35. The van der Waals surface area contributed by atoms with Crippen molar-refractivity contribution in [3.05, 3.63) is 103 Å². The van der Waals surface area contributed by atoms with Gasteiger partial charge in [0.25, 0.3) is 5.91 Å². The van der Waals surface area contributed by atoms with E-state index in [-0.39, 0.29) is 33.4 Å². The van der Waals surface area contributed by atoms with Crippen LogP contribution in [-0.4, -0.2) is 23.5 Å². The molecular formula is C26H19BrN2O5S. The van der Waals surface area contributed by atoms with E-state index in [1.807, 2.05) is 37.3 Å². The van der Waals surface area contributed by atoms with Crippen molar-refractivity contribution in [1.29, 1.82) is 0 Å². The fourth-order valence-electron chi connectivity index (χ4n) is 4.15. The summed E-state index contributed by atoms with van der Waals surface area (Å²) in [6, 6.07) is 11.9. The molecule has 0 saturated heterocycles. The summed E-state index contributed by atoms with van der Waals surface area (Å²) in [7, 11) is 0. The van der Waals surface area contributed by atoms with Gasteiger partial charge < -0.3 is 9.15 Å². The Morgan fingerprint density at radius 2 is 2.06 bits per heavy atom. The van der Waals surface area contributed by atoms with Crippen LogP contribution in [0.25, 0.3) is 11.0 Å². The highest BCUT2D eigenvalue weighted by Gasteiger charge is 2.45. The van der Waals surface area contributed by atoms with Gasteiger partial charge in [0.1, 0.15) is 17.1 Å². The summed E-state index contributed by atoms with van der Waals surface area (Å²) >= 11 is 4.51. The molecule has 176 valence electrons. The van der Waals surface area contributed by atoms with Gasteiger partial charge in [0.2, 0.25) is 5.76 Å². The maximum absolute atomic E-state index is 13.7. The van der Waals surface area contributed by atoms with Crippen molar-refractivity contribution in [2.45, 2.75) is 19.9 Å². The Morgan fingerprint density at radius 1 is 1.26 bits per heavy atom. The highest BCUT2D eigenvalue weighted by Crippen LogP contribution is 2.43. The largest absolute Gasteiger partial charge is 0.457 e. The van der Waals surface area contributed by atoms with Gasteiger partial charge in [-0.3, -0.25) is 14.5 Å². The first-order valence-corrected chi connectivity index (χ1v) is 12.3. The maximum Gasteiger partial charge on any atom is 0.350 e. The lowest BCUT2D eigenvalue weighted by atomic mass is 9.98. The smallest absolute Gasteiger partial charge is 0.350 e. The van der Waals surface area contributed by atoms with E-state index in [9.17, 15) is 14.4 Å². The lowest BCUT2D eigenvalue weighted by Crippen LogP contribution is -2.29. The van der Waals surface area contributed by atoms with E-state index >= 15 is 0 Å². The molecule has 1 aliphatic heterocycles. The third-order valence-electron chi connectivity index (χ3n) is 5.70. The van der Waals surface area contributed by atoms with Crippen LogP contribution in [0.4, 0.5) is 5.13 Å². The molecule has 1 atom stereocenters. The maximum atomic E-state index is 13.7. The number of amides is 1. The van der Waals surface area contributed by atoms with Gasteiger partial charge in [0.15, 0.2) is 10.6 Å². The number of rotatable bonds is 5. The average Bonchev–Trinajstić information content (AvgIpc) is 3.35. The van der Waals surface area contributed by atoms with Crippen LogP contribution in [0.2, 0.25) is 0 Å². The minimum Gasteiger partial charge on any atom is -0.457 e. The summed E-state index contributed by atoms with van der Waals surface area (Å²) in [4.78, 5) is 46.1. The molecule has 0 bridgehead atoms. The second-order valence-corrected chi connectivity index (χ2v) is 10.00. The molecule has 5 rings (SSSR count). The van der Waals surface area contributed by atoms with Crippen molar-refractivity contribution in [3.63, 3.8) is 0 Å². The van der Waals surface area contributed by atoms with Crippen LogP contribution in [0.1, 0.15) is 48.7 Å². The number of nitrogens with zero attached hydrogens (tertiary/aromatic N) is 2. The number of fused-ring (bicyclic) bond motifs is 2. The SMILES string of the molecule is C=CCOC(=O)c1sc(N2C(=O)c3oc4ccc(C)cc4c(=O)c3C2c2cccc(Br)c2)nc1C. The zero-order valence-electron chi connectivity index (χ0n) is 18.8. The number of halogens is 1. The number of carbonyl (C=O) groups excluding carboxylic acids is 2. The molecule has 0 aliphatic carbocycles. The number of thiazole rings is 1. The number of anilines is 1. The van der Waals surface area contributed by atoms with Crippen LogP contribution < -0.4 is 10.3 Å². The second kappa shape index (κ2) is 8.90. The van der Waals surface area contributed by atoms with E-state index in [0.717, 1.165) is 21.4 Å². The van der Waals surface area contributed by atoms with Gasteiger partial charge in [-0.2, -0.15) is 0 Å². The van der Waals surface area contributed by atoms with Crippen LogP contribution in [0.3, 0.4) is 0 Å². The van der Waals surface area contributed by atoms with E-state index in [2.05, 4.69) is 27.5 Å². The number of aromatic nitrogens is 1. The molecule has 2 aromatic carbocycles. The molecule has 0 spiro atoms. The topological polar surface area (TPSA) is 89.7 Å². The third-order valence-corrected chi connectivity index (χ3v) is 7.33. The number of aryl methyl sites for hydroxylation is 2. The number of ether oxygens (including phenoxy) is 1. The lowest BCUT2D eigenvalue weighted by molar-refractivity contribution is 0.0554. The zero-order valence-corrected chi connectivity index (χ0v) is 21.2. The van der Waals surface area contributed by atoms with Crippen molar-refractivity contribution < 1.29 is 18.7 Å². The normalized spacial score (nSPS) is 14.9. The number of hydrogen-bond acceptors (Lipinski definition) is 7. The third kappa shape index (κ3) is 3.90. The molecule has 1 amide bonds. The Hall–Kier alpha value is -3.56.